The molecule has 0 radical (unpaired) electrons. The van der Waals surface area contributed by atoms with Crippen molar-refractivity contribution in [3.8, 4) is 11.7 Å². The molecule has 0 atom stereocenters. The molecule has 0 spiro atoms. The third-order valence-corrected chi connectivity index (χ3v) is 3.32. The molecule has 0 aliphatic heterocycles. The first-order valence-corrected chi connectivity index (χ1v) is 6.97. The summed E-state index contributed by atoms with van der Waals surface area (Å²) in [5.74, 6) is 0.970. The quantitative estimate of drug-likeness (QED) is 0.782. The predicted octanol–water partition coefficient (Wildman–Crippen LogP) is 2.84. The number of carbonyl (C=O) groups excluding carboxylic acids is 1. The van der Waals surface area contributed by atoms with Crippen molar-refractivity contribution < 1.29 is 13.7 Å². The lowest BCUT2D eigenvalue weighted by atomic mass is 10.1. The maximum absolute atomic E-state index is 11.9. The standard InChI is InChI=1S/C15H12ClN3O3/c16-11-5-2-1-4-10(11)8-14(20)17-9-13-18-15(22-19-13)12-6-3-7-21-12/h1-7H,8-9H2,(H,17,20). The van der Waals surface area contributed by atoms with Gasteiger partial charge in [0, 0.05) is 5.02 Å². The summed E-state index contributed by atoms with van der Waals surface area (Å²) in [5, 5.41) is 7.07. The molecule has 3 aromatic rings. The second-order valence-corrected chi connectivity index (χ2v) is 4.95. The maximum Gasteiger partial charge on any atom is 0.293 e. The topological polar surface area (TPSA) is 81.2 Å². The van der Waals surface area contributed by atoms with Crippen molar-refractivity contribution in [2.75, 3.05) is 0 Å². The number of furan rings is 1. The number of halogens is 1. The number of nitrogens with one attached hydrogen (secondary N) is 1. The van der Waals surface area contributed by atoms with Gasteiger partial charge >= 0.3 is 0 Å². The number of nitrogens with zero attached hydrogens (tertiary/aromatic N) is 2. The van der Waals surface area contributed by atoms with Crippen molar-refractivity contribution in [2.24, 2.45) is 0 Å². The van der Waals surface area contributed by atoms with Gasteiger partial charge in [0.05, 0.1) is 19.2 Å². The van der Waals surface area contributed by atoms with Gasteiger partial charge in [-0.1, -0.05) is 35.0 Å². The lowest BCUT2D eigenvalue weighted by Gasteiger charge is -2.04. The van der Waals surface area contributed by atoms with Crippen LogP contribution >= 0.6 is 11.6 Å². The van der Waals surface area contributed by atoms with Crippen molar-refractivity contribution in [1.82, 2.24) is 15.5 Å². The molecule has 0 unspecified atom stereocenters. The summed E-state index contributed by atoms with van der Waals surface area (Å²) in [6.45, 7) is 0.174. The van der Waals surface area contributed by atoms with Gasteiger partial charge in [0.15, 0.2) is 11.6 Å². The SMILES string of the molecule is O=C(Cc1ccccc1Cl)NCc1noc(-c2ccco2)n1. The Hall–Kier alpha value is -2.60. The molecule has 0 saturated carbocycles. The van der Waals surface area contributed by atoms with Crippen LogP contribution in [-0.4, -0.2) is 16.0 Å². The van der Waals surface area contributed by atoms with Gasteiger partial charge in [-0.05, 0) is 23.8 Å². The van der Waals surface area contributed by atoms with Crippen LogP contribution in [0.15, 0.2) is 51.6 Å². The Morgan fingerprint density at radius 1 is 1.23 bits per heavy atom. The van der Waals surface area contributed by atoms with Crippen LogP contribution in [0.5, 0.6) is 0 Å². The Balaban J connectivity index is 1.56. The highest BCUT2D eigenvalue weighted by Gasteiger charge is 2.12. The van der Waals surface area contributed by atoms with E-state index in [2.05, 4.69) is 15.5 Å². The molecule has 0 aliphatic rings. The van der Waals surface area contributed by atoms with Crippen LogP contribution in [0.3, 0.4) is 0 Å². The first-order valence-electron chi connectivity index (χ1n) is 6.59. The largest absolute Gasteiger partial charge is 0.459 e. The third-order valence-electron chi connectivity index (χ3n) is 2.95. The van der Waals surface area contributed by atoms with E-state index in [1.165, 1.54) is 6.26 Å². The molecule has 0 aliphatic carbocycles. The number of amides is 1. The van der Waals surface area contributed by atoms with E-state index in [1.54, 1.807) is 18.2 Å². The zero-order valence-corrected chi connectivity index (χ0v) is 12.2. The molecule has 2 aromatic heterocycles. The van der Waals surface area contributed by atoms with E-state index in [0.717, 1.165) is 5.56 Å². The van der Waals surface area contributed by atoms with Crippen LogP contribution in [0.2, 0.25) is 5.02 Å². The molecule has 1 amide bonds. The molecule has 22 heavy (non-hydrogen) atoms. The van der Waals surface area contributed by atoms with Crippen molar-refractivity contribution >= 4 is 17.5 Å². The monoisotopic (exact) mass is 317 g/mol. The second-order valence-electron chi connectivity index (χ2n) is 4.54. The number of carbonyl (C=O) groups is 1. The molecule has 0 saturated heterocycles. The molecule has 3 rings (SSSR count). The fraction of sp³-hybridized carbons (Fsp3) is 0.133. The zero-order valence-electron chi connectivity index (χ0n) is 11.5. The van der Waals surface area contributed by atoms with Crippen LogP contribution in [-0.2, 0) is 17.8 Å². The summed E-state index contributed by atoms with van der Waals surface area (Å²) in [4.78, 5) is 16.0. The highest BCUT2D eigenvalue weighted by molar-refractivity contribution is 6.31. The van der Waals surface area contributed by atoms with Gasteiger partial charge < -0.3 is 14.3 Å². The van der Waals surface area contributed by atoms with E-state index < -0.39 is 0 Å². The van der Waals surface area contributed by atoms with Gasteiger partial charge in [0.1, 0.15) is 0 Å². The van der Waals surface area contributed by atoms with Crippen LogP contribution in [0, 0.1) is 0 Å². The van der Waals surface area contributed by atoms with Crippen molar-refractivity contribution in [3.63, 3.8) is 0 Å². The average Bonchev–Trinajstić information content (AvgIpc) is 3.18. The van der Waals surface area contributed by atoms with Crippen LogP contribution in [0.25, 0.3) is 11.7 Å². The minimum Gasteiger partial charge on any atom is -0.459 e. The smallest absolute Gasteiger partial charge is 0.293 e. The van der Waals surface area contributed by atoms with Gasteiger partial charge in [-0.2, -0.15) is 4.98 Å². The lowest BCUT2D eigenvalue weighted by Crippen LogP contribution is -2.25. The van der Waals surface area contributed by atoms with E-state index in [1.807, 2.05) is 18.2 Å². The van der Waals surface area contributed by atoms with Gasteiger partial charge in [0.25, 0.3) is 5.89 Å². The molecule has 112 valence electrons. The molecule has 1 aromatic carbocycles. The number of aromatic nitrogens is 2. The van der Waals surface area contributed by atoms with E-state index in [4.69, 9.17) is 20.5 Å². The summed E-state index contributed by atoms with van der Waals surface area (Å²) >= 11 is 6.02. The molecule has 6 nitrogen and oxygen atoms in total. The van der Waals surface area contributed by atoms with Gasteiger partial charge in [0.2, 0.25) is 5.91 Å². The fourth-order valence-corrected chi connectivity index (χ4v) is 2.08. The molecule has 2 heterocycles. The van der Waals surface area contributed by atoms with E-state index in [9.17, 15) is 4.79 Å². The van der Waals surface area contributed by atoms with Gasteiger partial charge in [-0.15, -0.1) is 0 Å². The predicted molar refractivity (Wildman–Crippen MR) is 79.0 cm³/mol. The molecular formula is C15H12ClN3O3. The Morgan fingerprint density at radius 2 is 2.09 bits per heavy atom. The summed E-state index contributed by atoms with van der Waals surface area (Å²) in [6.07, 6.45) is 1.72. The average molecular weight is 318 g/mol. The van der Waals surface area contributed by atoms with Crippen molar-refractivity contribution in [2.45, 2.75) is 13.0 Å². The summed E-state index contributed by atoms with van der Waals surface area (Å²) in [7, 11) is 0. The summed E-state index contributed by atoms with van der Waals surface area (Å²) in [6, 6.07) is 10.7. The molecule has 0 fully saturated rings. The molecule has 7 heteroatoms. The normalized spacial score (nSPS) is 10.6. The molecule has 0 bridgehead atoms. The van der Waals surface area contributed by atoms with E-state index >= 15 is 0 Å². The van der Waals surface area contributed by atoms with Crippen LogP contribution in [0.4, 0.5) is 0 Å². The zero-order chi connectivity index (χ0) is 15.4. The lowest BCUT2D eigenvalue weighted by molar-refractivity contribution is -0.120. The van der Waals surface area contributed by atoms with Crippen LogP contribution < -0.4 is 5.32 Å². The Kier molecular flexibility index (Phi) is 4.20. The summed E-state index contributed by atoms with van der Waals surface area (Å²) < 4.78 is 10.2. The number of benzene rings is 1. The number of rotatable bonds is 5. The van der Waals surface area contributed by atoms with Crippen LogP contribution in [0.1, 0.15) is 11.4 Å². The molecular weight excluding hydrogens is 306 g/mol. The van der Waals surface area contributed by atoms with Crippen molar-refractivity contribution in [3.05, 3.63) is 59.1 Å². The van der Waals surface area contributed by atoms with Gasteiger partial charge in [-0.3, -0.25) is 4.79 Å². The number of hydrogen-bond acceptors (Lipinski definition) is 5. The Morgan fingerprint density at radius 3 is 2.86 bits per heavy atom. The minimum absolute atomic E-state index is 0.169. The Labute approximate surface area is 131 Å². The first-order chi connectivity index (χ1) is 10.7. The third kappa shape index (κ3) is 3.35. The Bertz CT molecular complexity index is 768. The minimum atomic E-state index is -0.169. The fourth-order valence-electron chi connectivity index (χ4n) is 1.88. The highest BCUT2D eigenvalue weighted by atomic mass is 35.5. The van der Waals surface area contributed by atoms with Crippen molar-refractivity contribution in [1.29, 1.82) is 0 Å². The van der Waals surface area contributed by atoms with E-state index in [-0.39, 0.29) is 24.8 Å². The van der Waals surface area contributed by atoms with E-state index in [0.29, 0.717) is 16.6 Å². The second kappa shape index (κ2) is 6.44. The maximum atomic E-state index is 11.9. The summed E-state index contributed by atoms with van der Waals surface area (Å²) in [5.41, 5.74) is 0.769. The first kappa shape index (κ1) is 14.3. The van der Waals surface area contributed by atoms with Gasteiger partial charge in [-0.25, -0.2) is 0 Å². The molecule has 1 N–H and O–H groups in total. The number of hydrogen-bond donors (Lipinski definition) is 1. The highest BCUT2D eigenvalue weighted by Crippen LogP contribution is 2.17.